The minimum Gasteiger partial charge on any atom is -0.480 e. The van der Waals surface area contributed by atoms with E-state index in [4.69, 9.17) is 28.7 Å². The number of carbonyl (C=O) groups excluding carboxylic acids is 4. The largest absolute Gasteiger partial charge is 0.480 e. The number of unbranched alkanes of at least 4 members (excludes halogenated alkanes) is 1. The molecule has 218 valence electrons. The molecule has 15 heteroatoms. The molecule has 0 aliphatic carbocycles. The Kier molecular flexibility index (Phi) is 17.0. The van der Waals surface area contributed by atoms with Gasteiger partial charge in [0.15, 0.2) is 5.96 Å². The van der Waals surface area contributed by atoms with E-state index in [-0.39, 0.29) is 44.0 Å². The van der Waals surface area contributed by atoms with Crippen LogP contribution in [0.1, 0.15) is 65.2 Å². The number of carbonyl (C=O) groups is 5. The van der Waals surface area contributed by atoms with Gasteiger partial charge in [-0.05, 0) is 57.4 Å². The summed E-state index contributed by atoms with van der Waals surface area (Å²) in [4.78, 5) is 65.2. The standard InChI is InChI=1S/C23H45N9O6/c1-13(2)12-17(32-19(34)14(25)6-5-11-29-23(27)28)21(36)30-15(7-3-4-10-24)20(35)31-16(22(37)38)8-9-18(26)33/h13-17H,3-12,24-25H2,1-2H3,(H2,26,33)(H,30,36)(H,31,35)(H,32,34)(H,37,38)(H4,27,28,29). The molecule has 15 nitrogen and oxygen atoms in total. The Hall–Kier alpha value is -3.46. The number of aliphatic imine (C=N–C) groups is 1. The maximum absolute atomic E-state index is 13.2. The van der Waals surface area contributed by atoms with Crippen LogP contribution in [0.4, 0.5) is 0 Å². The fourth-order valence-corrected chi connectivity index (χ4v) is 3.48. The molecule has 0 aromatic rings. The number of aliphatic carboxylic acids is 1. The maximum Gasteiger partial charge on any atom is 0.326 e. The fourth-order valence-electron chi connectivity index (χ4n) is 3.48. The summed E-state index contributed by atoms with van der Waals surface area (Å²) in [6, 6.07) is -4.35. The summed E-state index contributed by atoms with van der Waals surface area (Å²) >= 11 is 0. The lowest BCUT2D eigenvalue weighted by atomic mass is 10.0. The highest BCUT2D eigenvalue weighted by atomic mass is 16.4. The van der Waals surface area contributed by atoms with Crippen LogP contribution < -0.4 is 44.6 Å². The van der Waals surface area contributed by atoms with Crippen LogP contribution in [0.3, 0.4) is 0 Å². The molecule has 0 saturated heterocycles. The number of guanidine groups is 1. The van der Waals surface area contributed by atoms with Crippen molar-refractivity contribution in [2.75, 3.05) is 13.1 Å². The first-order chi connectivity index (χ1) is 17.8. The van der Waals surface area contributed by atoms with Crippen molar-refractivity contribution < 1.29 is 29.1 Å². The van der Waals surface area contributed by atoms with Crippen molar-refractivity contribution in [2.45, 2.75) is 89.4 Å². The van der Waals surface area contributed by atoms with E-state index in [9.17, 15) is 29.1 Å². The second-order valence-corrected chi connectivity index (χ2v) is 9.50. The predicted octanol–water partition coefficient (Wildman–Crippen LogP) is -2.65. The highest BCUT2D eigenvalue weighted by molar-refractivity contribution is 5.94. The lowest BCUT2D eigenvalue weighted by molar-refractivity contribution is -0.142. The second-order valence-electron chi connectivity index (χ2n) is 9.50. The topological polar surface area (TPSA) is 284 Å². The van der Waals surface area contributed by atoms with Crippen LogP contribution in [0.2, 0.25) is 0 Å². The summed E-state index contributed by atoms with van der Waals surface area (Å²) < 4.78 is 0. The first-order valence-electron chi connectivity index (χ1n) is 12.7. The molecular weight excluding hydrogens is 498 g/mol. The van der Waals surface area contributed by atoms with Crippen LogP contribution in [-0.2, 0) is 24.0 Å². The zero-order valence-electron chi connectivity index (χ0n) is 22.3. The van der Waals surface area contributed by atoms with Crippen LogP contribution in [0.15, 0.2) is 4.99 Å². The van der Waals surface area contributed by atoms with Crippen LogP contribution in [0.5, 0.6) is 0 Å². The normalized spacial score (nSPS) is 14.0. The number of carboxylic acids is 1. The van der Waals surface area contributed by atoms with Gasteiger partial charge in [0.2, 0.25) is 23.6 Å². The van der Waals surface area contributed by atoms with Crippen molar-refractivity contribution in [3.8, 4) is 0 Å². The van der Waals surface area contributed by atoms with E-state index >= 15 is 0 Å². The van der Waals surface area contributed by atoms with E-state index in [1.54, 1.807) is 0 Å². The molecule has 0 aromatic heterocycles. The molecule has 14 N–H and O–H groups in total. The zero-order valence-corrected chi connectivity index (χ0v) is 22.3. The van der Waals surface area contributed by atoms with Crippen molar-refractivity contribution in [2.24, 2.45) is 39.6 Å². The Morgan fingerprint density at radius 2 is 1.37 bits per heavy atom. The Labute approximate surface area is 223 Å². The van der Waals surface area contributed by atoms with Crippen LogP contribution in [-0.4, -0.2) is 77.9 Å². The molecule has 0 aromatic carbocycles. The average Bonchev–Trinajstić information content (AvgIpc) is 2.82. The third-order valence-electron chi connectivity index (χ3n) is 5.52. The average molecular weight is 544 g/mol. The quantitative estimate of drug-likeness (QED) is 0.0436. The van der Waals surface area contributed by atoms with Gasteiger partial charge in [0.05, 0.1) is 6.04 Å². The van der Waals surface area contributed by atoms with E-state index in [1.807, 2.05) is 13.8 Å². The number of primary amides is 1. The van der Waals surface area contributed by atoms with E-state index in [2.05, 4.69) is 20.9 Å². The third kappa shape index (κ3) is 15.6. The number of nitrogens with two attached hydrogens (primary N) is 5. The van der Waals surface area contributed by atoms with Gasteiger partial charge in [-0.25, -0.2) is 4.79 Å². The predicted molar refractivity (Wildman–Crippen MR) is 142 cm³/mol. The molecule has 38 heavy (non-hydrogen) atoms. The lowest BCUT2D eigenvalue weighted by Crippen LogP contribution is -2.57. The smallest absolute Gasteiger partial charge is 0.326 e. The van der Waals surface area contributed by atoms with Gasteiger partial charge in [-0.15, -0.1) is 0 Å². The molecule has 4 atom stereocenters. The monoisotopic (exact) mass is 543 g/mol. The van der Waals surface area contributed by atoms with Crippen LogP contribution in [0.25, 0.3) is 0 Å². The van der Waals surface area contributed by atoms with Gasteiger partial charge in [0.25, 0.3) is 0 Å². The molecule has 0 heterocycles. The molecule has 0 fully saturated rings. The van der Waals surface area contributed by atoms with Crippen molar-refractivity contribution in [3.05, 3.63) is 0 Å². The number of hydrogen-bond donors (Lipinski definition) is 9. The van der Waals surface area contributed by atoms with Crippen molar-refractivity contribution in [3.63, 3.8) is 0 Å². The second kappa shape index (κ2) is 18.7. The summed E-state index contributed by atoms with van der Waals surface area (Å²) in [7, 11) is 0. The van der Waals surface area contributed by atoms with Crippen molar-refractivity contribution in [1.82, 2.24) is 16.0 Å². The molecule has 0 aliphatic heterocycles. The van der Waals surface area contributed by atoms with Gasteiger partial charge in [-0.3, -0.25) is 24.2 Å². The highest BCUT2D eigenvalue weighted by Gasteiger charge is 2.30. The molecule has 0 saturated carbocycles. The first kappa shape index (κ1) is 34.5. The number of rotatable bonds is 20. The molecule has 0 spiro atoms. The number of nitrogens with zero attached hydrogens (tertiary/aromatic N) is 1. The lowest BCUT2D eigenvalue weighted by Gasteiger charge is -2.26. The van der Waals surface area contributed by atoms with E-state index in [0.717, 1.165) is 0 Å². The molecule has 4 unspecified atom stereocenters. The van der Waals surface area contributed by atoms with Gasteiger partial charge >= 0.3 is 5.97 Å². The highest BCUT2D eigenvalue weighted by Crippen LogP contribution is 2.09. The Morgan fingerprint density at radius 3 is 1.89 bits per heavy atom. The molecule has 0 rings (SSSR count). The summed E-state index contributed by atoms with van der Waals surface area (Å²) in [6.07, 6.45) is 1.81. The van der Waals surface area contributed by atoms with Gasteiger partial charge in [0.1, 0.15) is 18.1 Å². The summed E-state index contributed by atoms with van der Waals surface area (Å²) in [5.41, 5.74) is 27.1. The minimum atomic E-state index is -1.37. The third-order valence-corrected chi connectivity index (χ3v) is 5.52. The Balaban J connectivity index is 5.45. The molecule has 0 radical (unpaired) electrons. The van der Waals surface area contributed by atoms with Crippen LogP contribution in [0, 0.1) is 5.92 Å². The molecule has 0 bridgehead atoms. The number of carboxylic acid groups (broad SMARTS) is 1. The van der Waals surface area contributed by atoms with E-state index in [1.165, 1.54) is 0 Å². The van der Waals surface area contributed by atoms with Gasteiger partial charge in [-0.2, -0.15) is 0 Å². The number of hydrogen-bond acceptors (Lipinski definition) is 8. The van der Waals surface area contributed by atoms with E-state index < -0.39 is 53.8 Å². The number of amides is 4. The number of nitrogens with one attached hydrogen (secondary N) is 3. The Morgan fingerprint density at radius 1 is 0.789 bits per heavy atom. The van der Waals surface area contributed by atoms with Gasteiger partial charge in [0, 0.05) is 13.0 Å². The molecule has 4 amide bonds. The maximum atomic E-state index is 13.2. The fraction of sp³-hybridized carbons (Fsp3) is 0.739. The van der Waals surface area contributed by atoms with Crippen molar-refractivity contribution >= 4 is 35.6 Å². The summed E-state index contributed by atoms with van der Waals surface area (Å²) in [5, 5.41) is 17.0. The van der Waals surface area contributed by atoms with E-state index in [0.29, 0.717) is 32.4 Å². The van der Waals surface area contributed by atoms with Gasteiger partial charge < -0.3 is 49.7 Å². The summed E-state index contributed by atoms with van der Waals surface area (Å²) in [5.74, 6) is -4.00. The Bertz CT molecular complexity index is 817. The van der Waals surface area contributed by atoms with Gasteiger partial charge in [-0.1, -0.05) is 13.8 Å². The molecular formula is C23H45N9O6. The first-order valence-corrected chi connectivity index (χ1v) is 12.7. The minimum absolute atomic E-state index is 0.0128. The zero-order chi connectivity index (χ0) is 29.3. The summed E-state index contributed by atoms with van der Waals surface area (Å²) in [6.45, 7) is 4.40. The molecule has 0 aliphatic rings. The van der Waals surface area contributed by atoms with Crippen LogP contribution >= 0.6 is 0 Å². The SMILES string of the molecule is CC(C)CC(NC(=O)C(N)CCCN=C(N)N)C(=O)NC(CCCCN)C(=O)NC(CCC(N)=O)C(=O)O. The van der Waals surface area contributed by atoms with Crippen molar-refractivity contribution in [1.29, 1.82) is 0 Å².